The quantitative estimate of drug-likeness (QED) is 0.241. The van der Waals surface area contributed by atoms with Crippen LogP contribution in [0.25, 0.3) is 10.6 Å². The number of pyridine rings is 1. The van der Waals surface area contributed by atoms with Gasteiger partial charge in [0, 0.05) is 11.4 Å². The van der Waals surface area contributed by atoms with Crippen LogP contribution in [0.15, 0.2) is 78.9 Å². The Kier molecular flexibility index (Phi) is 16.0. The number of aromatic nitrogens is 1. The average Bonchev–Trinajstić information content (AvgIpc) is 2.72. The van der Waals surface area contributed by atoms with Crippen molar-refractivity contribution in [3.05, 3.63) is 114 Å². The van der Waals surface area contributed by atoms with Gasteiger partial charge in [-0.15, -0.1) is 11.4 Å². The van der Waals surface area contributed by atoms with Crippen molar-refractivity contribution < 1.29 is 52.5 Å². The van der Waals surface area contributed by atoms with Crippen molar-refractivity contribution in [3.8, 4) is 0 Å². The van der Waals surface area contributed by atoms with Crippen molar-refractivity contribution >= 4 is 11.4 Å². The maximum absolute atomic E-state index is 9.58. The minimum absolute atomic E-state index is 0. The molecule has 2 aromatic carbocycles. The molecule has 0 bridgehead atoms. The molecule has 0 aliphatic carbocycles. The van der Waals surface area contributed by atoms with Crippen LogP contribution in [-0.4, -0.2) is 4.98 Å². The number of rotatable bonds is 6. The Labute approximate surface area is 196 Å². The second-order valence-electron chi connectivity index (χ2n) is 5.35. The molecule has 3 rings (SSSR count). The molecule has 0 spiro atoms. The molecule has 0 saturated carbocycles. The van der Waals surface area contributed by atoms with Gasteiger partial charge in [-0.2, -0.15) is 0 Å². The van der Waals surface area contributed by atoms with Gasteiger partial charge in [-0.25, -0.2) is 0 Å². The van der Waals surface area contributed by atoms with Gasteiger partial charge in [0.2, 0.25) is 0 Å². The van der Waals surface area contributed by atoms with E-state index in [0.717, 1.165) is 22.8 Å². The maximum Gasteiger partial charge on any atom is 4.00 e. The molecule has 0 aliphatic heterocycles. The van der Waals surface area contributed by atoms with E-state index in [4.69, 9.17) is 0 Å². The predicted octanol–water partition coefficient (Wildman–Crippen LogP) is 8.17. The van der Waals surface area contributed by atoms with Crippen molar-refractivity contribution in [3.63, 3.8) is 0 Å². The van der Waals surface area contributed by atoms with Crippen molar-refractivity contribution in [2.24, 2.45) is 0 Å². The Morgan fingerprint density at radius 1 is 0.548 bits per heavy atom. The number of hydrogen-bond donors (Lipinski definition) is 0. The largest absolute Gasteiger partial charge is 4.00 e. The minimum Gasteiger partial charge on any atom is -0.679 e. The summed E-state index contributed by atoms with van der Waals surface area (Å²) in [6.45, 7) is -4.99. The first kappa shape index (κ1) is 28.7. The summed E-state index contributed by atoms with van der Waals surface area (Å²) in [5.74, 6) is 0. The summed E-state index contributed by atoms with van der Waals surface area (Å²) in [6.07, 6.45) is 0. The fourth-order valence-electron chi connectivity index (χ4n) is 2.12. The molecule has 10 heteroatoms. The van der Waals surface area contributed by atoms with Crippen LogP contribution < -0.4 is 0 Å². The van der Waals surface area contributed by atoms with Crippen LogP contribution >= 0.6 is 0 Å². The van der Waals surface area contributed by atoms with Gasteiger partial charge in [-0.3, -0.25) is 4.98 Å². The summed E-state index contributed by atoms with van der Waals surface area (Å²) in [4.78, 5) is 4.62. The van der Waals surface area contributed by atoms with Gasteiger partial charge < -0.3 is 37.0 Å². The SMILES string of the molecule is F[C-](F)F.F[C-](F)F.[Zr+4].c1ccc([N-]Cc2cccc(C[N-]c3ccccc3)n2)cc1. The summed E-state index contributed by atoms with van der Waals surface area (Å²) in [5, 5.41) is 9.09. The van der Waals surface area contributed by atoms with E-state index in [1.165, 1.54) is 0 Å². The normalized spacial score (nSPS) is 9.55. The molecule has 1 heterocycles. The minimum atomic E-state index is -3.08. The molecule has 0 unspecified atom stereocenters. The average molecular weight is 517 g/mol. The number of halogens is 6. The van der Waals surface area contributed by atoms with Gasteiger partial charge >= 0.3 is 26.2 Å². The second kappa shape index (κ2) is 17.3. The van der Waals surface area contributed by atoms with Crippen LogP contribution in [0.4, 0.5) is 37.7 Å². The van der Waals surface area contributed by atoms with E-state index in [1.54, 1.807) is 0 Å². The third-order valence-corrected chi connectivity index (χ3v) is 3.22. The predicted molar refractivity (Wildman–Crippen MR) is 104 cm³/mol. The molecule has 1 aromatic heterocycles. The molecule has 0 N–H and O–H groups in total. The van der Waals surface area contributed by atoms with Crippen molar-refractivity contribution in [2.75, 3.05) is 0 Å². The molecule has 31 heavy (non-hydrogen) atoms. The van der Waals surface area contributed by atoms with Crippen molar-refractivity contribution in [1.82, 2.24) is 4.98 Å². The molecule has 0 atom stereocenters. The van der Waals surface area contributed by atoms with Crippen LogP contribution in [0.1, 0.15) is 11.4 Å². The van der Waals surface area contributed by atoms with Gasteiger partial charge in [0.25, 0.3) is 0 Å². The zero-order valence-electron chi connectivity index (χ0n) is 16.0. The zero-order valence-corrected chi connectivity index (χ0v) is 18.5. The summed E-state index contributed by atoms with van der Waals surface area (Å²) >= 11 is 0. The van der Waals surface area contributed by atoms with Crippen LogP contribution in [0, 0.1) is 13.4 Å². The van der Waals surface area contributed by atoms with Crippen molar-refractivity contribution in [2.45, 2.75) is 13.1 Å². The van der Waals surface area contributed by atoms with E-state index < -0.39 is 13.4 Å². The summed E-state index contributed by atoms with van der Waals surface area (Å²) in [7, 11) is 0. The monoisotopic (exact) mass is 515 g/mol. The molecule has 0 saturated heterocycles. The first-order valence-corrected chi connectivity index (χ1v) is 8.43. The standard InChI is InChI=1S/C19H17N3.2CF3.Zr/c1-3-8-16(9-4-1)20-14-18-12-7-13-19(22-18)15-21-17-10-5-2-6-11-17;2*2-1(3)4;/h1-13H,14-15H2;;;/q-2;2*-1;+4. The van der Waals surface area contributed by atoms with E-state index in [-0.39, 0.29) is 26.2 Å². The number of benzene rings is 2. The summed E-state index contributed by atoms with van der Waals surface area (Å²) < 4.78 is 57.5. The van der Waals surface area contributed by atoms with Crippen LogP contribution in [0.3, 0.4) is 0 Å². The first-order chi connectivity index (χ1) is 14.4. The Balaban J connectivity index is 0.000000867. The number of para-hydroxylation sites is 2. The molecule has 0 amide bonds. The van der Waals surface area contributed by atoms with Crippen LogP contribution in [-0.2, 0) is 39.3 Å². The van der Waals surface area contributed by atoms with Gasteiger partial charge in [0.15, 0.2) is 13.4 Å². The smallest absolute Gasteiger partial charge is 0.679 e. The first-order valence-electron chi connectivity index (χ1n) is 8.43. The fourth-order valence-corrected chi connectivity index (χ4v) is 2.12. The van der Waals surface area contributed by atoms with Gasteiger partial charge in [0.05, 0.1) is 0 Å². The fraction of sp³-hybridized carbons (Fsp3) is 0.0952. The van der Waals surface area contributed by atoms with Gasteiger partial charge in [0.1, 0.15) is 0 Å². The second-order valence-corrected chi connectivity index (χ2v) is 5.35. The molecular formula is C21H17F6N3Zr. The third kappa shape index (κ3) is 16.1. The van der Waals surface area contributed by atoms with E-state index in [1.807, 2.05) is 78.9 Å². The van der Waals surface area contributed by atoms with E-state index in [2.05, 4.69) is 15.6 Å². The summed E-state index contributed by atoms with van der Waals surface area (Å²) in [6, 6.07) is 25.9. The van der Waals surface area contributed by atoms with Gasteiger partial charge in [-0.05, 0) is 12.1 Å². The topological polar surface area (TPSA) is 41.1 Å². The Morgan fingerprint density at radius 2 is 0.871 bits per heavy atom. The van der Waals surface area contributed by atoms with Crippen LogP contribution in [0.2, 0.25) is 0 Å². The van der Waals surface area contributed by atoms with Crippen LogP contribution in [0.5, 0.6) is 0 Å². The van der Waals surface area contributed by atoms with E-state index in [0.29, 0.717) is 13.1 Å². The van der Waals surface area contributed by atoms with Crippen molar-refractivity contribution in [1.29, 1.82) is 0 Å². The van der Waals surface area contributed by atoms with Gasteiger partial charge in [-0.1, -0.05) is 79.8 Å². The zero-order chi connectivity index (χ0) is 22.2. The molecular weight excluding hydrogens is 499 g/mol. The molecule has 3 aromatic rings. The molecule has 162 valence electrons. The van der Waals surface area contributed by atoms with E-state index in [9.17, 15) is 26.3 Å². The molecule has 3 nitrogen and oxygen atoms in total. The van der Waals surface area contributed by atoms with E-state index >= 15 is 0 Å². The molecule has 0 fully saturated rings. The Bertz CT molecular complexity index is 740. The Hall–Kier alpha value is -2.35. The maximum atomic E-state index is 9.58. The number of nitrogens with zero attached hydrogens (tertiary/aromatic N) is 3. The Morgan fingerprint density at radius 3 is 1.19 bits per heavy atom. The third-order valence-electron chi connectivity index (χ3n) is 3.22. The summed E-state index contributed by atoms with van der Waals surface area (Å²) in [5.41, 5.74) is 3.88. The molecule has 0 radical (unpaired) electrons. The number of hydrogen-bond acceptors (Lipinski definition) is 1. The molecule has 0 aliphatic rings.